The summed E-state index contributed by atoms with van der Waals surface area (Å²) >= 11 is 0. The summed E-state index contributed by atoms with van der Waals surface area (Å²) in [6, 6.07) is 18.0. The maximum absolute atomic E-state index is 5.68. The van der Waals surface area contributed by atoms with Gasteiger partial charge in [-0.1, -0.05) is 25.1 Å². The third-order valence-electron chi connectivity index (χ3n) is 4.00. The Kier molecular flexibility index (Phi) is 5.91. The number of para-hydroxylation sites is 1. The number of benzene rings is 2. The van der Waals surface area contributed by atoms with Crippen LogP contribution in [-0.2, 0) is 6.42 Å². The monoisotopic (exact) mass is 362 g/mol. The van der Waals surface area contributed by atoms with Crippen LogP contribution in [0, 0.1) is 6.92 Å². The zero-order valence-electron chi connectivity index (χ0n) is 16.3. The third-order valence-corrected chi connectivity index (χ3v) is 4.00. The molecule has 2 aromatic carbocycles. The summed E-state index contributed by atoms with van der Waals surface area (Å²) in [4.78, 5) is 9.10. The van der Waals surface area contributed by atoms with Crippen LogP contribution >= 0.6 is 0 Å². The smallest absolute Gasteiger partial charge is 0.229 e. The molecule has 3 aromatic rings. The van der Waals surface area contributed by atoms with E-state index in [4.69, 9.17) is 4.74 Å². The predicted octanol–water partition coefficient (Wildman–Crippen LogP) is 5.62. The summed E-state index contributed by atoms with van der Waals surface area (Å²) in [5.74, 6) is 2.17. The van der Waals surface area contributed by atoms with E-state index < -0.39 is 0 Å². The van der Waals surface area contributed by atoms with Crippen LogP contribution in [0.5, 0.6) is 5.75 Å². The minimum atomic E-state index is 0.156. The van der Waals surface area contributed by atoms with Gasteiger partial charge in [-0.25, -0.2) is 4.98 Å². The highest BCUT2D eigenvalue weighted by Gasteiger charge is 2.06. The van der Waals surface area contributed by atoms with Gasteiger partial charge >= 0.3 is 0 Å². The quantitative estimate of drug-likeness (QED) is 0.571. The van der Waals surface area contributed by atoms with E-state index >= 15 is 0 Å². The van der Waals surface area contributed by atoms with Gasteiger partial charge < -0.3 is 15.4 Å². The van der Waals surface area contributed by atoms with E-state index in [9.17, 15) is 0 Å². The van der Waals surface area contributed by atoms with Crippen molar-refractivity contribution in [2.45, 2.75) is 40.2 Å². The van der Waals surface area contributed by atoms with Crippen LogP contribution in [0.15, 0.2) is 54.6 Å². The fourth-order valence-corrected chi connectivity index (χ4v) is 2.80. The molecule has 0 unspecified atom stereocenters. The lowest BCUT2D eigenvalue weighted by Gasteiger charge is -2.13. The summed E-state index contributed by atoms with van der Waals surface area (Å²) in [5, 5.41) is 6.67. The van der Waals surface area contributed by atoms with Crippen LogP contribution in [0.25, 0.3) is 0 Å². The fraction of sp³-hybridized carbons (Fsp3) is 0.273. The van der Waals surface area contributed by atoms with Crippen LogP contribution in [-0.4, -0.2) is 16.1 Å². The van der Waals surface area contributed by atoms with Crippen molar-refractivity contribution < 1.29 is 4.74 Å². The van der Waals surface area contributed by atoms with Crippen LogP contribution in [0.1, 0.15) is 32.0 Å². The second-order valence-electron chi connectivity index (χ2n) is 6.67. The maximum Gasteiger partial charge on any atom is 0.229 e. The molecule has 0 atom stereocenters. The molecule has 0 amide bonds. The molecule has 5 heteroatoms. The van der Waals surface area contributed by atoms with E-state index in [1.807, 2.05) is 57.2 Å². The highest BCUT2D eigenvalue weighted by molar-refractivity contribution is 5.63. The van der Waals surface area contributed by atoms with E-state index in [-0.39, 0.29) is 6.10 Å². The summed E-state index contributed by atoms with van der Waals surface area (Å²) < 4.78 is 5.68. The van der Waals surface area contributed by atoms with Gasteiger partial charge in [0.1, 0.15) is 11.6 Å². The predicted molar refractivity (Wildman–Crippen MR) is 111 cm³/mol. The molecule has 0 radical (unpaired) electrons. The molecule has 5 nitrogen and oxygen atoms in total. The van der Waals surface area contributed by atoms with Crippen LogP contribution in [0.2, 0.25) is 0 Å². The molecule has 1 heterocycles. The Morgan fingerprint density at radius 3 is 2.41 bits per heavy atom. The number of hydrogen-bond donors (Lipinski definition) is 2. The molecule has 2 N–H and O–H groups in total. The third kappa shape index (κ3) is 5.20. The lowest BCUT2D eigenvalue weighted by atomic mass is 10.1. The summed E-state index contributed by atoms with van der Waals surface area (Å²) in [6.45, 7) is 8.13. The average Bonchev–Trinajstić information content (AvgIpc) is 2.63. The lowest BCUT2D eigenvalue weighted by molar-refractivity contribution is 0.242. The molecule has 0 fully saturated rings. The molecule has 1 aromatic heterocycles. The Labute approximate surface area is 160 Å². The number of aromatic nitrogens is 2. The molecule has 27 heavy (non-hydrogen) atoms. The molecule has 0 spiro atoms. The number of anilines is 4. The van der Waals surface area contributed by atoms with Crippen molar-refractivity contribution in [1.29, 1.82) is 0 Å². The van der Waals surface area contributed by atoms with E-state index in [0.29, 0.717) is 5.95 Å². The largest absolute Gasteiger partial charge is 0.491 e. The molecule has 3 rings (SSSR count). The molecular weight excluding hydrogens is 336 g/mol. The number of nitrogens with one attached hydrogen (secondary N) is 2. The number of rotatable bonds is 7. The first-order valence-corrected chi connectivity index (χ1v) is 9.28. The fourth-order valence-electron chi connectivity index (χ4n) is 2.80. The van der Waals surface area contributed by atoms with Crippen molar-refractivity contribution in [2.24, 2.45) is 0 Å². The van der Waals surface area contributed by atoms with E-state index in [2.05, 4.69) is 45.7 Å². The molecular formula is C22H26N4O. The Morgan fingerprint density at radius 2 is 1.70 bits per heavy atom. The minimum absolute atomic E-state index is 0.156. The van der Waals surface area contributed by atoms with Gasteiger partial charge in [-0.15, -0.1) is 0 Å². The van der Waals surface area contributed by atoms with E-state index in [0.717, 1.165) is 35.1 Å². The van der Waals surface area contributed by atoms with Gasteiger partial charge in [-0.3, -0.25) is 0 Å². The van der Waals surface area contributed by atoms with Crippen LogP contribution < -0.4 is 15.4 Å². The van der Waals surface area contributed by atoms with Crippen molar-refractivity contribution in [3.05, 3.63) is 65.9 Å². The molecule has 0 aliphatic heterocycles. The standard InChI is InChI=1S/C22H26N4O/c1-5-17-8-6-7-9-20(17)25-21-14-16(4)23-22(26-21)24-18-10-12-19(13-11-18)27-15(2)3/h6-15H,5H2,1-4H3,(H2,23,24,25,26). The number of ether oxygens (including phenoxy) is 1. The Morgan fingerprint density at radius 1 is 0.963 bits per heavy atom. The number of hydrogen-bond acceptors (Lipinski definition) is 5. The molecule has 0 aliphatic carbocycles. The van der Waals surface area contributed by atoms with Gasteiger partial charge in [0.25, 0.3) is 0 Å². The van der Waals surface area contributed by atoms with Crippen molar-refractivity contribution >= 4 is 23.1 Å². The zero-order valence-corrected chi connectivity index (χ0v) is 16.3. The van der Waals surface area contributed by atoms with Gasteiger partial charge in [0.05, 0.1) is 6.10 Å². The van der Waals surface area contributed by atoms with Crippen molar-refractivity contribution in [3.8, 4) is 5.75 Å². The zero-order chi connectivity index (χ0) is 19.2. The SMILES string of the molecule is CCc1ccccc1Nc1cc(C)nc(Nc2ccc(OC(C)C)cc2)n1. The van der Waals surface area contributed by atoms with Crippen LogP contribution in [0.3, 0.4) is 0 Å². The van der Waals surface area contributed by atoms with Gasteiger partial charge in [0.15, 0.2) is 0 Å². The normalized spacial score (nSPS) is 10.7. The van der Waals surface area contributed by atoms with E-state index in [1.165, 1.54) is 5.56 Å². The van der Waals surface area contributed by atoms with Crippen molar-refractivity contribution in [3.63, 3.8) is 0 Å². The highest BCUT2D eigenvalue weighted by atomic mass is 16.5. The highest BCUT2D eigenvalue weighted by Crippen LogP contribution is 2.23. The molecule has 0 aliphatic rings. The van der Waals surface area contributed by atoms with Crippen LogP contribution in [0.4, 0.5) is 23.1 Å². The molecule has 0 saturated carbocycles. The van der Waals surface area contributed by atoms with Gasteiger partial charge in [0, 0.05) is 23.1 Å². The topological polar surface area (TPSA) is 59.1 Å². The van der Waals surface area contributed by atoms with Gasteiger partial charge in [-0.05, 0) is 63.1 Å². The molecule has 0 saturated heterocycles. The summed E-state index contributed by atoms with van der Waals surface area (Å²) in [6.07, 6.45) is 1.12. The average molecular weight is 362 g/mol. The second-order valence-corrected chi connectivity index (χ2v) is 6.67. The Hall–Kier alpha value is -3.08. The molecule has 0 bridgehead atoms. The van der Waals surface area contributed by atoms with Crippen molar-refractivity contribution in [1.82, 2.24) is 9.97 Å². The first-order valence-electron chi connectivity index (χ1n) is 9.28. The van der Waals surface area contributed by atoms with E-state index in [1.54, 1.807) is 0 Å². The van der Waals surface area contributed by atoms with Crippen molar-refractivity contribution in [2.75, 3.05) is 10.6 Å². The molecule has 140 valence electrons. The number of aryl methyl sites for hydroxylation is 2. The number of nitrogens with zero attached hydrogens (tertiary/aromatic N) is 2. The Bertz CT molecular complexity index is 891. The summed E-state index contributed by atoms with van der Waals surface area (Å²) in [5.41, 5.74) is 4.13. The second kappa shape index (κ2) is 8.54. The Balaban J connectivity index is 1.77. The first-order chi connectivity index (χ1) is 13.0. The first kappa shape index (κ1) is 18.7. The lowest BCUT2D eigenvalue weighted by Crippen LogP contribution is -2.05. The summed E-state index contributed by atoms with van der Waals surface area (Å²) in [7, 11) is 0. The van der Waals surface area contributed by atoms with Gasteiger partial charge in [0.2, 0.25) is 5.95 Å². The maximum atomic E-state index is 5.68. The minimum Gasteiger partial charge on any atom is -0.491 e. The van der Waals surface area contributed by atoms with Gasteiger partial charge in [-0.2, -0.15) is 4.98 Å².